The summed E-state index contributed by atoms with van der Waals surface area (Å²) >= 11 is 0. The molecule has 3 aromatic rings. The molecule has 8 heteroatoms. The predicted molar refractivity (Wildman–Crippen MR) is 103 cm³/mol. The molecule has 0 saturated carbocycles. The summed E-state index contributed by atoms with van der Waals surface area (Å²) in [7, 11) is 0. The van der Waals surface area contributed by atoms with Gasteiger partial charge in [-0.15, -0.1) is 0 Å². The first-order valence-corrected chi connectivity index (χ1v) is 9.14. The molecule has 1 saturated heterocycles. The first-order chi connectivity index (χ1) is 13.7. The van der Waals surface area contributed by atoms with Crippen molar-refractivity contribution in [3.8, 4) is 11.6 Å². The van der Waals surface area contributed by atoms with Crippen LogP contribution in [0, 0.1) is 5.92 Å². The molecule has 2 aromatic heterocycles. The lowest BCUT2D eigenvalue weighted by atomic mass is 10.1. The Kier molecular flexibility index (Phi) is 5.09. The van der Waals surface area contributed by atoms with Crippen molar-refractivity contribution in [2.75, 3.05) is 18.0 Å². The van der Waals surface area contributed by atoms with E-state index >= 15 is 0 Å². The third-order valence-electron chi connectivity index (χ3n) is 4.70. The minimum atomic E-state index is -0.340. The number of nitrogens with one attached hydrogen (secondary N) is 1. The van der Waals surface area contributed by atoms with Gasteiger partial charge in [-0.05, 0) is 18.2 Å². The summed E-state index contributed by atoms with van der Waals surface area (Å²) in [5.41, 5.74) is 0.828. The van der Waals surface area contributed by atoms with Crippen LogP contribution in [0.3, 0.4) is 0 Å². The maximum atomic E-state index is 12.5. The smallest absolute Gasteiger partial charge is 0.227 e. The Morgan fingerprint density at radius 3 is 2.64 bits per heavy atom. The molecular formula is C20H20N6O2. The van der Waals surface area contributed by atoms with E-state index in [0.29, 0.717) is 31.3 Å². The summed E-state index contributed by atoms with van der Waals surface area (Å²) in [5, 5.41) is 2.93. The third kappa shape index (κ3) is 3.75. The standard InChI is InChI=1S/C20H20N6O2/c27-17-13-15(14-26(17)16-5-2-1-3-6-16)20(28)24-10-12-25-11-9-23-19(25)18-21-7-4-8-22-18/h1-9,11,15H,10,12-14H2,(H,24,28). The molecule has 1 N–H and O–H groups in total. The van der Waals surface area contributed by atoms with Crippen molar-refractivity contribution in [2.45, 2.75) is 13.0 Å². The maximum Gasteiger partial charge on any atom is 0.227 e. The van der Waals surface area contributed by atoms with Crippen LogP contribution < -0.4 is 10.2 Å². The van der Waals surface area contributed by atoms with Crippen LogP contribution in [0.25, 0.3) is 11.6 Å². The fraction of sp³-hybridized carbons (Fsp3) is 0.250. The summed E-state index contributed by atoms with van der Waals surface area (Å²) in [6.45, 7) is 1.39. The zero-order valence-corrected chi connectivity index (χ0v) is 15.2. The number of amides is 2. The van der Waals surface area contributed by atoms with Gasteiger partial charge < -0.3 is 14.8 Å². The lowest BCUT2D eigenvalue weighted by molar-refractivity contribution is -0.126. The topological polar surface area (TPSA) is 93.0 Å². The van der Waals surface area contributed by atoms with E-state index in [-0.39, 0.29) is 24.2 Å². The number of aromatic nitrogens is 4. The summed E-state index contributed by atoms with van der Waals surface area (Å²) in [4.78, 5) is 39.2. The molecular weight excluding hydrogens is 356 g/mol. The number of carbonyl (C=O) groups is 2. The van der Waals surface area contributed by atoms with E-state index in [9.17, 15) is 9.59 Å². The van der Waals surface area contributed by atoms with Crippen LogP contribution in [0.2, 0.25) is 0 Å². The highest BCUT2D eigenvalue weighted by molar-refractivity contribution is 6.00. The summed E-state index contributed by atoms with van der Waals surface area (Å²) < 4.78 is 1.89. The highest BCUT2D eigenvalue weighted by Gasteiger charge is 2.34. The highest BCUT2D eigenvalue weighted by atomic mass is 16.2. The van der Waals surface area contributed by atoms with Gasteiger partial charge in [0.25, 0.3) is 0 Å². The van der Waals surface area contributed by atoms with Crippen LogP contribution >= 0.6 is 0 Å². The largest absolute Gasteiger partial charge is 0.354 e. The fourth-order valence-corrected chi connectivity index (χ4v) is 3.29. The van der Waals surface area contributed by atoms with E-state index in [1.807, 2.05) is 41.1 Å². The minimum absolute atomic E-state index is 0.0236. The molecule has 4 rings (SSSR count). The zero-order chi connectivity index (χ0) is 19.3. The second-order valence-corrected chi connectivity index (χ2v) is 6.55. The Morgan fingerprint density at radius 1 is 1.07 bits per heavy atom. The molecule has 142 valence electrons. The molecule has 2 amide bonds. The minimum Gasteiger partial charge on any atom is -0.354 e. The number of hydrogen-bond donors (Lipinski definition) is 1. The van der Waals surface area contributed by atoms with Crippen molar-refractivity contribution in [2.24, 2.45) is 5.92 Å². The molecule has 1 atom stereocenters. The lowest BCUT2D eigenvalue weighted by Crippen LogP contribution is -2.34. The van der Waals surface area contributed by atoms with Crippen molar-refractivity contribution in [1.82, 2.24) is 24.8 Å². The highest BCUT2D eigenvalue weighted by Crippen LogP contribution is 2.24. The van der Waals surface area contributed by atoms with Gasteiger partial charge in [-0.25, -0.2) is 15.0 Å². The van der Waals surface area contributed by atoms with E-state index < -0.39 is 0 Å². The van der Waals surface area contributed by atoms with E-state index in [1.54, 1.807) is 29.6 Å². The number of anilines is 1. The average molecular weight is 376 g/mol. The first kappa shape index (κ1) is 17.8. The molecule has 0 aliphatic carbocycles. The van der Waals surface area contributed by atoms with Gasteiger partial charge in [-0.2, -0.15) is 0 Å². The second-order valence-electron chi connectivity index (χ2n) is 6.55. The number of carbonyl (C=O) groups excluding carboxylic acids is 2. The molecule has 8 nitrogen and oxygen atoms in total. The van der Waals surface area contributed by atoms with Crippen molar-refractivity contribution in [3.63, 3.8) is 0 Å². The van der Waals surface area contributed by atoms with E-state index in [2.05, 4.69) is 20.3 Å². The van der Waals surface area contributed by atoms with Crippen molar-refractivity contribution in [1.29, 1.82) is 0 Å². The second kappa shape index (κ2) is 7.99. The van der Waals surface area contributed by atoms with Gasteiger partial charge in [0.15, 0.2) is 11.6 Å². The fourth-order valence-electron chi connectivity index (χ4n) is 3.29. The first-order valence-electron chi connectivity index (χ1n) is 9.14. The van der Waals surface area contributed by atoms with Crippen LogP contribution in [0.15, 0.2) is 61.2 Å². The molecule has 0 spiro atoms. The summed E-state index contributed by atoms with van der Waals surface area (Å²) in [5.74, 6) is 0.723. The molecule has 0 bridgehead atoms. The van der Waals surface area contributed by atoms with Gasteiger partial charge in [-0.1, -0.05) is 18.2 Å². The van der Waals surface area contributed by atoms with Gasteiger partial charge >= 0.3 is 0 Å². The molecule has 1 aliphatic heterocycles. The van der Waals surface area contributed by atoms with Gasteiger partial charge in [0.05, 0.1) is 5.92 Å². The average Bonchev–Trinajstić information content (AvgIpc) is 3.36. The number of nitrogens with zero attached hydrogens (tertiary/aromatic N) is 5. The van der Waals surface area contributed by atoms with E-state index in [0.717, 1.165) is 5.69 Å². The number of rotatable bonds is 6. The van der Waals surface area contributed by atoms with E-state index in [1.165, 1.54) is 0 Å². The predicted octanol–water partition coefficient (Wildman–Crippen LogP) is 1.51. The Balaban J connectivity index is 1.33. The van der Waals surface area contributed by atoms with Crippen molar-refractivity contribution < 1.29 is 9.59 Å². The van der Waals surface area contributed by atoms with Crippen LogP contribution in [0.1, 0.15) is 6.42 Å². The molecule has 3 heterocycles. The summed E-state index contributed by atoms with van der Waals surface area (Å²) in [6, 6.07) is 11.2. The molecule has 0 radical (unpaired) electrons. The zero-order valence-electron chi connectivity index (χ0n) is 15.2. The quantitative estimate of drug-likeness (QED) is 0.704. The lowest BCUT2D eigenvalue weighted by Gasteiger charge is -2.16. The number of benzene rings is 1. The molecule has 1 fully saturated rings. The van der Waals surface area contributed by atoms with Gasteiger partial charge in [0.2, 0.25) is 11.8 Å². The van der Waals surface area contributed by atoms with Gasteiger partial charge in [-0.3, -0.25) is 9.59 Å². The molecule has 1 unspecified atom stereocenters. The number of hydrogen-bond acceptors (Lipinski definition) is 5. The van der Waals surface area contributed by atoms with Crippen molar-refractivity contribution >= 4 is 17.5 Å². The Morgan fingerprint density at radius 2 is 1.86 bits per heavy atom. The number of imidazole rings is 1. The SMILES string of the molecule is O=C(NCCn1ccnc1-c1ncccn1)C1CC(=O)N(c2ccccc2)C1. The Bertz CT molecular complexity index is 957. The van der Waals surface area contributed by atoms with Crippen molar-refractivity contribution in [3.05, 3.63) is 61.2 Å². The van der Waals surface area contributed by atoms with Crippen LogP contribution in [-0.4, -0.2) is 44.4 Å². The normalized spacial score (nSPS) is 16.4. The van der Waals surface area contributed by atoms with E-state index in [4.69, 9.17) is 0 Å². The third-order valence-corrected chi connectivity index (χ3v) is 4.70. The van der Waals surface area contributed by atoms with Gasteiger partial charge in [0.1, 0.15) is 0 Å². The number of para-hydroxylation sites is 1. The Labute approximate surface area is 162 Å². The molecule has 1 aromatic carbocycles. The van der Waals surface area contributed by atoms with Gasteiger partial charge in [0, 0.05) is 56.5 Å². The molecule has 1 aliphatic rings. The van der Waals surface area contributed by atoms with Crippen LogP contribution in [0.4, 0.5) is 5.69 Å². The molecule has 28 heavy (non-hydrogen) atoms. The van der Waals surface area contributed by atoms with Crippen LogP contribution in [0.5, 0.6) is 0 Å². The maximum absolute atomic E-state index is 12.5. The Hall–Kier alpha value is -3.55. The summed E-state index contributed by atoms with van der Waals surface area (Å²) in [6.07, 6.45) is 7.07. The monoisotopic (exact) mass is 376 g/mol. The van der Waals surface area contributed by atoms with Crippen LogP contribution in [-0.2, 0) is 16.1 Å².